The van der Waals surface area contributed by atoms with Gasteiger partial charge >= 0.3 is 0 Å². The second-order valence-corrected chi connectivity index (χ2v) is 10.8. The van der Waals surface area contributed by atoms with E-state index in [4.69, 9.17) is 9.98 Å². The van der Waals surface area contributed by atoms with Crippen LogP contribution >= 0.6 is 0 Å². The molecule has 0 unspecified atom stereocenters. The van der Waals surface area contributed by atoms with Gasteiger partial charge in [0.25, 0.3) is 0 Å². The molecule has 2 aromatic carbocycles. The molecule has 0 aliphatic carbocycles. The summed E-state index contributed by atoms with van der Waals surface area (Å²) in [5.74, 6) is 0. The first-order valence-corrected chi connectivity index (χ1v) is 16.0. The predicted octanol–water partition coefficient (Wildman–Crippen LogP) is 11.5. The Hall–Kier alpha value is -2.22. The Labute approximate surface area is 235 Å². The standard InChI is InChI=1S/C36H56N2/c1-7-13-15-17-18-20-22-36(38-34-26-24-30(10-4)32(12-6)28-34)35(21-19-16-14-8-2)37-33-25-23-29(9-3)31(11-5)27-33/h23-28H,7-22H2,1-6H3. The zero-order valence-corrected chi connectivity index (χ0v) is 25.7. The molecule has 2 heteroatoms. The molecular weight excluding hydrogens is 460 g/mol. The molecule has 0 aromatic heterocycles. The van der Waals surface area contributed by atoms with Crippen LogP contribution in [0.5, 0.6) is 0 Å². The maximum atomic E-state index is 5.33. The molecule has 38 heavy (non-hydrogen) atoms. The van der Waals surface area contributed by atoms with E-state index in [0.717, 1.165) is 49.9 Å². The number of nitrogens with zero attached hydrogens (tertiary/aromatic N) is 2. The molecule has 0 aliphatic heterocycles. The van der Waals surface area contributed by atoms with Gasteiger partial charge in [0.2, 0.25) is 0 Å². The van der Waals surface area contributed by atoms with E-state index in [9.17, 15) is 0 Å². The van der Waals surface area contributed by atoms with Crippen molar-refractivity contribution in [2.75, 3.05) is 0 Å². The van der Waals surface area contributed by atoms with Crippen LogP contribution in [0.15, 0.2) is 46.4 Å². The van der Waals surface area contributed by atoms with Crippen molar-refractivity contribution in [2.24, 2.45) is 9.98 Å². The molecule has 2 rings (SSSR count). The number of hydrogen-bond donors (Lipinski definition) is 0. The van der Waals surface area contributed by atoms with E-state index in [1.165, 1.54) is 97.9 Å². The number of hydrogen-bond acceptors (Lipinski definition) is 2. The molecule has 0 aliphatic rings. The van der Waals surface area contributed by atoms with Crippen LogP contribution in [0.25, 0.3) is 0 Å². The number of unbranched alkanes of at least 4 members (excludes halogenated alkanes) is 8. The highest BCUT2D eigenvalue weighted by molar-refractivity contribution is 6.43. The fraction of sp³-hybridized carbons (Fsp3) is 0.611. The van der Waals surface area contributed by atoms with Crippen molar-refractivity contribution < 1.29 is 0 Å². The Morgan fingerprint density at radius 1 is 0.447 bits per heavy atom. The van der Waals surface area contributed by atoms with Crippen molar-refractivity contribution in [1.82, 2.24) is 0 Å². The lowest BCUT2D eigenvalue weighted by Crippen LogP contribution is -2.14. The fourth-order valence-electron chi connectivity index (χ4n) is 5.34. The van der Waals surface area contributed by atoms with Crippen LogP contribution in [-0.2, 0) is 25.7 Å². The second kappa shape index (κ2) is 18.9. The molecule has 0 bridgehead atoms. The SMILES string of the molecule is CCCCCCCCC(=Nc1ccc(CC)c(CC)c1)C(CCCCCC)=Nc1ccc(CC)c(CC)c1. The summed E-state index contributed by atoms with van der Waals surface area (Å²) in [6.45, 7) is 13.6. The maximum Gasteiger partial charge on any atom is 0.0636 e. The first kappa shape index (κ1) is 32.0. The van der Waals surface area contributed by atoms with Crippen LogP contribution in [0.1, 0.15) is 141 Å². The molecule has 0 fully saturated rings. The molecule has 210 valence electrons. The van der Waals surface area contributed by atoms with Gasteiger partial charge in [-0.25, -0.2) is 0 Å². The van der Waals surface area contributed by atoms with E-state index in [1.54, 1.807) is 0 Å². The zero-order chi connectivity index (χ0) is 27.6. The average Bonchev–Trinajstić information content (AvgIpc) is 2.95. The quantitative estimate of drug-likeness (QED) is 0.131. The lowest BCUT2D eigenvalue weighted by molar-refractivity contribution is 0.616. The molecule has 0 spiro atoms. The van der Waals surface area contributed by atoms with Gasteiger partial charge in [-0.05, 0) is 97.9 Å². The van der Waals surface area contributed by atoms with E-state index in [1.807, 2.05) is 0 Å². The molecule has 0 saturated heterocycles. The van der Waals surface area contributed by atoms with Crippen molar-refractivity contribution in [3.8, 4) is 0 Å². The fourth-order valence-corrected chi connectivity index (χ4v) is 5.34. The Balaban J connectivity index is 2.46. The lowest BCUT2D eigenvalue weighted by Gasteiger charge is -2.14. The van der Waals surface area contributed by atoms with Crippen LogP contribution in [-0.4, -0.2) is 11.4 Å². The summed E-state index contributed by atoms with van der Waals surface area (Å²) >= 11 is 0. The maximum absolute atomic E-state index is 5.33. The Kier molecular flexibility index (Phi) is 15.9. The van der Waals surface area contributed by atoms with Gasteiger partial charge in [-0.15, -0.1) is 0 Å². The lowest BCUT2D eigenvalue weighted by atomic mass is 9.99. The summed E-state index contributed by atoms with van der Waals surface area (Å²) in [4.78, 5) is 10.7. The van der Waals surface area contributed by atoms with Crippen LogP contribution < -0.4 is 0 Å². The number of aliphatic imine (C=N–C) groups is 2. The summed E-state index contributed by atoms with van der Waals surface area (Å²) in [6, 6.07) is 13.7. The predicted molar refractivity (Wildman–Crippen MR) is 171 cm³/mol. The van der Waals surface area contributed by atoms with Crippen LogP contribution in [0.3, 0.4) is 0 Å². The topological polar surface area (TPSA) is 24.7 Å². The van der Waals surface area contributed by atoms with Crippen molar-refractivity contribution >= 4 is 22.8 Å². The summed E-state index contributed by atoms with van der Waals surface area (Å²) < 4.78 is 0. The first-order valence-electron chi connectivity index (χ1n) is 16.0. The highest BCUT2D eigenvalue weighted by Crippen LogP contribution is 2.25. The Morgan fingerprint density at radius 2 is 0.816 bits per heavy atom. The molecule has 0 N–H and O–H groups in total. The Morgan fingerprint density at radius 3 is 1.21 bits per heavy atom. The summed E-state index contributed by atoms with van der Waals surface area (Å²) in [7, 11) is 0. The molecule has 0 amide bonds. The highest BCUT2D eigenvalue weighted by Gasteiger charge is 2.12. The largest absolute Gasteiger partial charge is 0.252 e. The van der Waals surface area contributed by atoms with E-state index in [0.29, 0.717) is 0 Å². The third kappa shape index (κ3) is 10.9. The van der Waals surface area contributed by atoms with Gasteiger partial charge in [-0.3, -0.25) is 9.98 Å². The molecule has 0 heterocycles. The minimum atomic E-state index is 1.01. The van der Waals surface area contributed by atoms with E-state index < -0.39 is 0 Å². The first-order chi connectivity index (χ1) is 18.6. The van der Waals surface area contributed by atoms with Crippen molar-refractivity contribution in [1.29, 1.82) is 0 Å². The monoisotopic (exact) mass is 516 g/mol. The van der Waals surface area contributed by atoms with Crippen LogP contribution in [0.2, 0.25) is 0 Å². The van der Waals surface area contributed by atoms with Crippen LogP contribution in [0, 0.1) is 0 Å². The molecule has 2 nitrogen and oxygen atoms in total. The highest BCUT2D eigenvalue weighted by atomic mass is 14.8. The molecule has 2 aromatic rings. The van der Waals surface area contributed by atoms with E-state index in [2.05, 4.69) is 77.9 Å². The van der Waals surface area contributed by atoms with Crippen molar-refractivity contribution in [3.05, 3.63) is 58.7 Å². The summed E-state index contributed by atoms with van der Waals surface area (Å²) in [6.07, 6.45) is 19.1. The number of aryl methyl sites for hydroxylation is 4. The third-order valence-electron chi connectivity index (χ3n) is 7.80. The van der Waals surface area contributed by atoms with Gasteiger partial charge in [-0.2, -0.15) is 0 Å². The number of rotatable bonds is 19. The average molecular weight is 517 g/mol. The normalized spacial score (nSPS) is 12.4. The number of benzene rings is 2. The van der Waals surface area contributed by atoms with Gasteiger partial charge in [0, 0.05) is 0 Å². The van der Waals surface area contributed by atoms with Crippen molar-refractivity contribution in [2.45, 2.75) is 144 Å². The van der Waals surface area contributed by atoms with Gasteiger partial charge in [0.15, 0.2) is 0 Å². The smallest absolute Gasteiger partial charge is 0.0636 e. The third-order valence-corrected chi connectivity index (χ3v) is 7.80. The molecule has 0 radical (unpaired) electrons. The van der Waals surface area contributed by atoms with Gasteiger partial charge in [-0.1, -0.05) is 105 Å². The minimum Gasteiger partial charge on any atom is -0.252 e. The van der Waals surface area contributed by atoms with Gasteiger partial charge in [0.1, 0.15) is 0 Å². The van der Waals surface area contributed by atoms with Crippen molar-refractivity contribution in [3.63, 3.8) is 0 Å². The van der Waals surface area contributed by atoms with Crippen LogP contribution in [0.4, 0.5) is 11.4 Å². The zero-order valence-electron chi connectivity index (χ0n) is 25.7. The molecular formula is C36H56N2. The summed E-state index contributed by atoms with van der Waals surface area (Å²) in [5, 5.41) is 0. The Bertz CT molecular complexity index is 998. The second-order valence-electron chi connectivity index (χ2n) is 10.8. The molecule has 0 atom stereocenters. The molecule has 0 saturated carbocycles. The minimum absolute atomic E-state index is 1.01. The van der Waals surface area contributed by atoms with Gasteiger partial charge in [0.05, 0.1) is 22.8 Å². The van der Waals surface area contributed by atoms with E-state index in [-0.39, 0.29) is 0 Å². The van der Waals surface area contributed by atoms with E-state index >= 15 is 0 Å². The summed E-state index contributed by atoms with van der Waals surface area (Å²) in [5.41, 5.74) is 10.3. The van der Waals surface area contributed by atoms with Gasteiger partial charge < -0.3 is 0 Å².